The fraction of sp³-hybridized carbons (Fsp3) is 0.371. The Morgan fingerprint density at radius 3 is 2.29 bits per heavy atom. The zero-order chi connectivity index (χ0) is 35.5. The summed E-state index contributed by atoms with van der Waals surface area (Å²) in [6.45, 7) is -0.853. The molecule has 14 heteroatoms. The number of fused-ring (bicyclic) bond motifs is 3. The van der Waals surface area contributed by atoms with Crippen molar-refractivity contribution in [3.63, 3.8) is 0 Å². The molecule has 0 saturated carbocycles. The number of nitrogens with one attached hydrogen (secondary N) is 1. The molecule has 0 unspecified atom stereocenters. The van der Waals surface area contributed by atoms with Crippen LogP contribution in [0.1, 0.15) is 38.5 Å². The van der Waals surface area contributed by atoms with Crippen molar-refractivity contribution in [2.24, 2.45) is 0 Å². The number of hydrogen-bond donors (Lipinski definition) is 4. The monoisotopic (exact) mass is 686 g/mol. The van der Waals surface area contributed by atoms with E-state index in [2.05, 4.69) is 5.32 Å². The van der Waals surface area contributed by atoms with Crippen molar-refractivity contribution in [3.05, 3.63) is 94.1 Å². The summed E-state index contributed by atoms with van der Waals surface area (Å²) >= 11 is 0. The molecule has 0 bridgehead atoms. The Labute approximate surface area is 280 Å². The van der Waals surface area contributed by atoms with E-state index >= 15 is 0 Å². The van der Waals surface area contributed by atoms with Gasteiger partial charge >= 0.3 is 6.18 Å². The number of aliphatic hydroxyl groups excluding tert-OH is 3. The molecule has 49 heavy (non-hydrogen) atoms. The molecule has 1 heterocycles. The van der Waals surface area contributed by atoms with Crippen molar-refractivity contribution >= 4 is 11.8 Å². The van der Waals surface area contributed by atoms with Gasteiger partial charge < -0.3 is 44.5 Å². The Hall–Kier alpha value is -4.79. The van der Waals surface area contributed by atoms with E-state index in [0.717, 1.165) is 24.3 Å². The van der Waals surface area contributed by atoms with Crippen LogP contribution in [0.3, 0.4) is 0 Å². The number of carbonyl (C=O) groups excluding carboxylic acids is 2. The zero-order valence-electron chi connectivity index (χ0n) is 27.0. The van der Waals surface area contributed by atoms with Gasteiger partial charge in [0.25, 0.3) is 5.91 Å². The second kappa shape index (κ2) is 14.8. The molecule has 11 nitrogen and oxygen atoms in total. The molecule has 3 aromatic rings. The molecule has 0 aromatic heterocycles. The van der Waals surface area contributed by atoms with Crippen LogP contribution in [0.5, 0.6) is 23.0 Å². The number of nitrogens with zero attached hydrogens (tertiary/aromatic N) is 1. The van der Waals surface area contributed by atoms with Gasteiger partial charge in [-0.05, 0) is 78.2 Å². The van der Waals surface area contributed by atoms with Gasteiger partial charge in [-0.3, -0.25) is 9.59 Å². The van der Waals surface area contributed by atoms with Gasteiger partial charge in [-0.25, -0.2) is 0 Å². The SMILES string of the molecule is COc1ccc(OC)c(CCN(C(=O)c2ccc(C(F)(F)F)cc2)[C@@H]2C=C(C(=O)NCCO)[C@@H]3c4cc(CO)cc(OC)c4O[C@@H]3[C@H]2O)c1. The van der Waals surface area contributed by atoms with Gasteiger partial charge in [0.2, 0.25) is 5.91 Å². The maximum atomic E-state index is 14.2. The summed E-state index contributed by atoms with van der Waals surface area (Å²) in [5.41, 5.74) is 0.688. The smallest absolute Gasteiger partial charge is 0.416 e. The van der Waals surface area contributed by atoms with Gasteiger partial charge in [-0.15, -0.1) is 0 Å². The fourth-order valence-corrected chi connectivity index (χ4v) is 6.29. The number of benzene rings is 3. The lowest BCUT2D eigenvalue weighted by Crippen LogP contribution is -2.56. The highest BCUT2D eigenvalue weighted by Crippen LogP contribution is 2.51. The summed E-state index contributed by atoms with van der Waals surface area (Å²) in [6.07, 6.45) is -5.57. The van der Waals surface area contributed by atoms with Gasteiger partial charge in [-0.2, -0.15) is 13.2 Å². The highest BCUT2D eigenvalue weighted by Gasteiger charge is 2.51. The molecule has 0 spiro atoms. The van der Waals surface area contributed by atoms with Gasteiger partial charge in [0.15, 0.2) is 11.5 Å². The predicted molar refractivity (Wildman–Crippen MR) is 170 cm³/mol. The van der Waals surface area contributed by atoms with Crippen LogP contribution in [0, 0.1) is 0 Å². The minimum absolute atomic E-state index is 0.0739. The fourth-order valence-electron chi connectivity index (χ4n) is 6.29. The topological polar surface area (TPSA) is 147 Å². The molecule has 0 saturated heterocycles. The molecule has 3 aromatic carbocycles. The van der Waals surface area contributed by atoms with Crippen LogP contribution in [-0.2, 0) is 24.0 Å². The van der Waals surface area contributed by atoms with E-state index in [1.165, 1.54) is 32.3 Å². The number of carbonyl (C=O) groups is 2. The van der Waals surface area contributed by atoms with E-state index in [9.17, 15) is 38.1 Å². The summed E-state index contributed by atoms with van der Waals surface area (Å²) < 4.78 is 62.7. The maximum absolute atomic E-state index is 14.2. The molecule has 1 aliphatic carbocycles. The Bertz CT molecular complexity index is 1710. The Kier molecular flexibility index (Phi) is 10.7. The van der Waals surface area contributed by atoms with Crippen molar-refractivity contribution in [2.45, 2.75) is 43.4 Å². The van der Waals surface area contributed by atoms with Crippen LogP contribution in [0.15, 0.2) is 66.2 Å². The first-order chi connectivity index (χ1) is 23.4. The highest BCUT2D eigenvalue weighted by atomic mass is 19.4. The number of alkyl halides is 3. The molecule has 5 rings (SSSR count). The Balaban J connectivity index is 1.61. The van der Waals surface area contributed by atoms with Crippen molar-refractivity contribution in [1.82, 2.24) is 10.2 Å². The molecule has 2 amide bonds. The molecule has 4 atom stereocenters. The number of halogens is 3. The van der Waals surface area contributed by atoms with Gasteiger partial charge in [0.05, 0.1) is 52.1 Å². The lowest BCUT2D eigenvalue weighted by atomic mass is 9.77. The number of amides is 2. The molecule has 4 N–H and O–H groups in total. The van der Waals surface area contributed by atoms with Gasteiger partial charge in [-0.1, -0.05) is 0 Å². The van der Waals surface area contributed by atoms with Crippen LogP contribution >= 0.6 is 0 Å². The molecule has 262 valence electrons. The van der Waals surface area contributed by atoms with Crippen LogP contribution in [0.4, 0.5) is 13.2 Å². The number of rotatable bonds is 12. The van der Waals surface area contributed by atoms with Crippen molar-refractivity contribution < 1.29 is 57.0 Å². The molecule has 0 radical (unpaired) electrons. The van der Waals surface area contributed by atoms with Crippen LogP contribution in [0.2, 0.25) is 0 Å². The van der Waals surface area contributed by atoms with E-state index in [4.69, 9.17) is 18.9 Å². The standard InChI is InChI=1S/C35H37F3N2O9/c1-46-23-8-9-27(47-2)21(16-23)10-12-40(34(45)20-4-6-22(7-5-20)35(36,37)38)26-17-25(33(44)39-11-13-41)29-24-14-19(18-42)15-28(48-3)31(24)49-32(29)30(26)43/h4-9,14-17,26,29-30,32,41-43H,10-13,18H2,1-3H3,(H,39,44)/t26-,29+,30+,32+/m1/s1. The number of methoxy groups -OCH3 is 3. The van der Waals surface area contributed by atoms with Crippen LogP contribution < -0.4 is 24.3 Å². The predicted octanol–water partition coefficient (Wildman–Crippen LogP) is 3.23. The van der Waals surface area contributed by atoms with Gasteiger partial charge in [0.1, 0.15) is 23.7 Å². The third-order valence-electron chi connectivity index (χ3n) is 8.68. The van der Waals surface area contributed by atoms with E-state index < -0.39 is 47.7 Å². The van der Waals surface area contributed by atoms with E-state index in [1.54, 1.807) is 30.3 Å². The molecular formula is C35H37F3N2O9. The van der Waals surface area contributed by atoms with E-state index in [-0.39, 0.29) is 55.4 Å². The quantitative estimate of drug-likeness (QED) is 0.226. The minimum Gasteiger partial charge on any atom is -0.497 e. The minimum atomic E-state index is -4.62. The molecule has 0 fully saturated rings. The lowest BCUT2D eigenvalue weighted by molar-refractivity contribution is -0.137. The van der Waals surface area contributed by atoms with Crippen molar-refractivity contribution in [2.75, 3.05) is 41.0 Å². The summed E-state index contributed by atoms with van der Waals surface area (Å²) in [6, 6.07) is 10.8. The second-order valence-electron chi connectivity index (χ2n) is 11.5. The second-order valence-corrected chi connectivity index (χ2v) is 11.5. The number of ether oxygens (including phenoxy) is 4. The lowest BCUT2D eigenvalue weighted by Gasteiger charge is -2.41. The van der Waals surface area contributed by atoms with Crippen LogP contribution in [0.25, 0.3) is 0 Å². The normalized spacial score (nSPS) is 19.6. The van der Waals surface area contributed by atoms with E-state index in [0.29, 0.717) is 28.2 Å². The van der Waals surface area contributed by atoms with Crippen molar-refractivity contribution in [3.8, 4) is 23.0 Å². The first-order valence-corrected chi connectivity index (χ1v) is 15.4. The third-order valence-corrected chi connectivity index (χ3v) is 8.68. The van der Waals surface area contributed by atoms with E-state index in [1.807, 2.05) is 0 Å². The van der Waals surface area contributed by atoms with Crippen LogP contribution in [-0.4, -0.2) is 91.3 Å². The largest absolute Gasteiger partial charge is 0.497 e. The number of aliphatic hydroxyl groups is 3. The molecular weight excluding hydrogens is 649 g/mol. The molecule has 2 aliphatic rings. The first kappa shape index (κ1) is 35.5. The Morgan fingerprint density at radius 1 is 0.959 bits per heavy atom. The summed E-state index contributed by atoms with van der Waals surface area (Å²) in [5.74, 6) is -0.639. The Morgan fingerprint density at radius 2 is 1.67 bits per heavy atom. The van der Waals surface area contributed by atoms with Gasteiger partial charge in [0, 0.05) is 29.8 Å². The summed E-state index contributed by atoms with van der Waals surface area (Å²) in [4.78, 5) is 29.1. The summed E-state index contributed by atoms with van der Waals surface area (Å²) in [7, 11) is 4.38. The molecule has 1 aliphatic heterocycles. The summed E-state index contributed by atoms with van der Waals surface area (Å²) in [5, 5.41) is 33.9. The average molecular weight is 687 g/mol. The number of hydrogen-bond acceptors (Lipinski definition) is 9. The highest BCUT2D eigenvalue weighted by molar-refractivity contribution is 5.97. The first-order valence-electron chi connectivity index (χ1n) is 15.4. The zero-order valence-corrected chi connectivity index (χ0v) is 27.0. The van der Waals surface area contributed by atoms with Crippen molar-refractivity contribution in [1.29, 1.82) is 0 Å². The maximum Gasteiger partial charge on any atom is 0.416 e. The third kappa shape index (κ3) is 7.16. The average Bonchev–Trinajstić information content (AvgIpc) is 3.50.